The number of anilines is 1. The molecule has 0 saturated carbocycles. The van der Waals surface area contributed by atoms with E-state index in [1.165, 1.54) is 22.7 Å². The smallest absolute Gasteiger partial charge is 0.350 e. The van der Waals surface area contributed by atoms with Crippen LogP contribution in [0.25, 0.3) is 10.4 Å². The second-order valence-corrected chi connectivity index (χ2v) is 7.57. The van der Waals surface area contributed by atoms with E-state index in [1.54, 1.807) is 25.1 Å². The first-order chi connectivity index (χ1) is 13.2. The lowest BCUT2D eigenvalue weighted by Crippen LogP contribution is -2.13. The molecule has 2 aromatic heterocycles. The third-order valence-electron chi connectivity index (χ3n) is 3.84. The zero-order chi connectivity index (χ0) is 18.8. The third kappa shape index (κ3) is 3.54. The van der Waals surface area contributed by atoms with Crippen LogP contribution in [-0.4, -0.2) is 25.3 Å². The lowest BCUT2D eigenvalue weighted by molar-refractivity contribution is 0.0533. The van der Waals surface area contributed by atoms with Gasteiger partial charge >= 0.3 is 5.97 Å². The molecule has 0 aliphatic carbocycles. The van der Waals surface area contributed by atoms with Gasteiger partial charge in [0.2, 0.25) is 6.79 Å². The van der Waals surface area contributed by atoms with Crippen molar-refractivity contribution in [1.29, 1.82) is 0 Å². The first-order valence-corrected chi connectivity index (χ1v) is 9.91. The van der Waals surface area contributed by atoms with Gasteiger partial charge in [-0.05, 0) is 48.2 Å². The van der Waals surface area contributed by atoms with Gasteiger partial charge in [0, 0.05) is 4.88 Å². The van der Waals surface area contributed by atoms with Crippen molar-refractivity contribution in [2.75, 3.05) is 18.7 Å². The largest absolute Gasteiger partial charge is 0.462 e. The lowest BCUT2D eigenvalue weighted by Gasteiger charge is -2.04. The molecule has 0 radical (unpaired) electrons. The van der Waals surface area contributed by atoms with E-state index in [0.29, 0.717) is 26.9 Å². The number of ether oxygens (including phenoxy) is 3. The summed E-state index contributed by atoms with van der Waals surface area (Å²) in [5.74, 6) is 0.622. The van der Waals surface area contributed by atoms with Crippen molar-refractivity contribution in [3.8, 4) is 21.9 Å². The monoisotopic (exact) mass is 401 g/mol. The minimum Gasteiger partial charge on any atom is -0.462 e. The Morgan fingerprint density at radius 3 is 2.81 bits per heavy atom. The predicted molar refractivity (Wildman–Crippen MR) is 104 cm³/mol. The van der Waals surface area contributed by atoms with Gasteiger partial charge in [0.1, 0.15) is 4.88 Å². The number of rotatable bonds is 5. The summed E-state index contributed by atoms with van der Waals surface area (Å²) in [4.78, 5) is 26.5. The van der Waals surface area contributed by atoms with Crippen LogP contribution in [0.2, 0.25) is 0 Å². The number of carbonyl (C=O) groups excluding carboxylic acids is 2. The Bertz CT molecular complexity index is 994. The van der Waals surface area contributed by atoms with Crippen molar-refractivity contribution in [2.45, 2.75) is 6.92 Å². The molecule has 138 valence electrons. The van der Waals surface area contributed by atoms with Gasteiger partial charge < -0.3 is 19.5 Å². The van der Waals surface area contributed by atoms with Gasteiger partial charge in [0.15, 0.2) is 11.5 Å². The summed E-state index contributed by atoms with van der Waals surface area (Å²) in [7, 11) is 0. The highest BCUT2D eigenvalue weighted by molar-refractivity contribution is 7.18. The van der Waals surface area contributed by atoms with E-state index in [2.05, 4.69) is 5.32 Å². The van der Waals surface area contributed by atoms with Crippen molar-refractivity contribution in [3.63, 3.8) is 0 Å². The van der Waals surface area contributed by atoms with Crippen molar-refractivity contribution in [2.24, 2.45) is 0 Å². The molecule has 1 amide bonds. The molecule has 0 spiro atoms. The lowest BCUT2D eigenvalue weighted by atomic mass is 10.1. The molecule has 1 aliphatic heterocycles. The van der Waals surface area contributed by atoms with Crippen LogP contribution in [0.1, 0.15) is 26.3 Å². The van der Waals surface area contributed by atoms with Gasteiger partial charge in [-0.3, -0.25) is 4.79 Å². The van der Waals surface area contributed by atoms with Crippen LogP contribution in [0.3, 0.4) is 0 Å². The molecule has 8 heteroatoms. The van der Waals surface area contributed by atoms with Crippen LogP contribution in [-0.2, 0) is 4.74 Å². The van der Waals surface area contributed by atoms with Crippen molar-refractivity contribution in [1.82, 2.24) is 0 Å². The number of carbonyl (C=O) groups is 2. The first-order valence-electron chi connectivity index (χ1n) is 8.21. The normalized spacial score (nSPS) is 12.0. The molecule has 27 heavy (non-hydrogen) atoms. The standard InChI is InChI=1S/C19H15NO5S2/c1-2-23-19(22)17-12(20-18(21)15-4-3-7-26-15)9-16(27-17)11-5-6-13-14(8-11)25-10-24-13/h3-9H,2,10H2,1H3,(H,20,21). The molecule has 0 saturated heterocycles. The number of thiophene rings is 2. The second-order valence-electron chi connectivity index (χ2n) is 5.57. The van der Waals surface area contributed by atoms with Crippen molar-refractivity contribution >= 4 is 40.2 Å². The van der Waals surface area contributed by atoms with Crippen LogP contribution in [0.5, 0.6) is 11.5 Å². The van der Waals surface area contributed by atoms with E-state index in [0.717, 1.165) is 10.4 Å². The fourth-order valence-electron chi connectivity index (χ4n) is 2.62. The SMILES string of the molecule is CCOC(=O)c1sc(-c2ccc3c(c2)OCO3)cc1NC(=O)c1cccs1. The summed E-state index contributed by atoms with van der Waals surface area (Å²) in [6, 6.07) is 10.9. The van der Waals surface area contributed by atoms with Gasteiger partial charge in [-0.15, -0.1) is 22.7 Å². The summed E-state index contributed by atoms with van der Waals surface area (Å²) in [6.07, 6.45) is 0. The second kappa shape index (κ2) is 7.42. The number of hydrogen-bond donors (Lipinski definition) is 1. The van der Waals surface area contributed by atoms with Crippen molar-refractivity contribution < 1.29 is 23.8 Å². The highest BCUT2D eigenvalue weighted by Gasteiger charge is 2.22. The van der Waals surface area contributed by atoms with Crippen LogP contribution in [0.4, 0.5) is 5.69 Å². The van der Waals surface area contributed by atoms with Gasteiger partial charge in [0.25, 0.3) is 5.91 Å². The summed E-state index contributed by atoms with van der Waals surface area (Å²) >= 11 is 2.60. The first kappa shape index (κ1) is 17.6. The minimum absolute atomic E-state index is 0.194. The Morgan fingerprint density at radius 2 is 2.04 bits per heavy atom. The number of amides is 1. The minimum atomic E-state index is -0.462. The summed E-state index contributed by atoms with van der Waals surface area (Å²) < 4.78 is 15.9. The Morgan fingerprint density at radius 1 is 1.19 bits per heavy atom. The third-order valence-corrected chi connectivity index (χ3v) is 5.88. The molecule has 1 aliphatic rings. The van der Waals surface area contributed by atoms with E-state index in [4.69, 9.17) is 14.2 Å². The quantitative estimate of drug-likeness (QED) is 0.631. The molecule has 0 unspecified atom stereocenters. The molecule has 6 nitrogen and oxygen atoms in total. The van der Waals surface area contributed by atoms with E-state index < -0.39 is 5.97 Å². The molecule has 1 aromatic carbocycles. The predicted octanol–water partition coefficient (Wildman–Crippen LogP) is 4.63. The van der Waals surface area contributed by atoms with Crippen LogP contribution < -0.4 is 14.8 Å². The summed E-state index contributed by atoms with van der Waals surface area (Å²) in [5.41, 5.74) is 1.30. The van der Waals surface area contributed by atoms with Crippen LogP contribution in [0, 0.1) is 0 Å². The number of benzene rings is 1. The number of esters is 1. The van der Waals surface area contributed by atoms with E-state index in [-0.39, 0.29) is 19.3 Å². The number of fused-ring (bicyclic) bond motifs is 1. The Labute approximate surface area is 163 Å². The molecule has 1 N–H and O–H groups in total. The maximum Gasteiger partial charge on any atom is 0.350 e. The maximum absolute atomic E-state index is 12.4. The summed E-state index contributed by atoms with van der Waals surface area (Å²) in [5, 5.41) is 4.65. The number of hydrogen-bond acceptors (Lipinski definition) is 7. The Balaban J connectivity index is 1.69. The molecular formula is C19H15NO5S2. The van der Waals surface area contributed by atoms with Crippen LogP contribution in [0.15, 0.2) is 41.8 Å². The van der Waals surface area contributed by atoms with Gasteiger partial charge in [-0.1, -0.05) is 6.07 Å². The number of nitrogens with one attached hydrogen (secondary N) is 1. The van der Waals surface area contributed by atoms with Gasteiger partial charge in [-0.25, -0.2) is 4.79 Å². The Hall–Kier alpha value is -2.84. The molecular weight excluding hydrogens is 386 g/mol. The maximum atomic E-state index is 12.4. The van der Waals surface area contributed by atoms with Crippen molar-refractivity contribution in [3.05, 3.63) is 51.5 Å². The van der Waals surface area contributed by atoms with Gasteiger partial charge in [-0.2, -0.15) is 0 Å². The zero-order valence-electron chi connectivity index (χ0n) is 14.3. The molecule has 3 heterocycles. The molecule has 0 fully saturated rings. The average Bonchev–Trinajstić information content (AvgIpc) is 3.41. The molecule has 0 atom stereocenters. The fourth-order valence-corrected chi connectivity index (χ4v) is 4.24. The molecule has 3 aromatic rings. The highest BCUT2D eigenvalue weighted by atomic mass is 32.1. The fraction of sp³-hybridized carbons (Fsp3) is 0.158. The summed E-state index contributed by atoms with van der Waals surface area (Å²) in [6.45, 7) is 2.20. The highest BCUT2D eigenvalue weighted by Crippen LogP contribution is 2.40. The van der Waals surface area contributed by atoms with E-state index in [9.17, 15) is 9.59 Å². The molecule has 0 bridgehead atoms. The van der Waals surface area contributed by atoms with Gasteiger partial charge in [0.05, 0.1) is 17.2 Å². The van der Waals surface area contributed by atoms with Crippen LogP contribution >= 0.6 is 22.7 Å². The Kier molecular flexibility index (Phi) is 4.83. The topological polar surface area (TPSA) is 73.9 Å². The zero-order valence-corrected chi connectivity index (χ0v) is 15.9. The van der Waals surface area contributed by atoms with E-state index >= 15 is 0 Å². The average molecular weight is 401 g/mol. The molecule has 4 rings (SSSR count). The van der Waals surface area contributed by atoms with E-state index in [1.807, 2.05) is 23.6 Å².